The van der Waals surface area contributed by atoms with Crippen LogP contribution < -0.4 is 4.90 Å². The van der Waals surface area contributed by atoms with Gasteiger partial charge in [0.1, 0.15) is 10.0 Å². The number of aliphatic hydroxyl groups excluding tert-OH is 1. The molecule has 0 atom stereocenters. The highest BCUT2D eigenvalue weighted by atomic mass is 35.5. The van der Waals surface area contributed by atoms with Crippen LogP contribution in [-0.4, -0.2) is 35.6 Å². The van der Waals surface area contributed by atoms with Crippen molar-refractivity contribution in [1.82, 2.24) is 4.98 Å². The van der Waals surface area contributed by atoms with Gasteiger partial charge in [0, 0.05) is 13.1 Å². The molecule has 0 aromatic carbocycles. The second-order valence-corrected chi connectivity index (χ2v) is 5.07. The Morgan fingerprint density at radius 1 is 1.53 bits per heavy atom. The molecule has 1 aliphatic heterocycles. The number of piperidine rings is 1. The van der Waals surface area contributed by atoms with Crippen LogP contribution in [0.15, 0.2) is 0 Å². The zero-order valence-electron chi connectivity index (χ0n) is 8.02. The maximum atomic E-state index is 10.6. The maximum Gasteiger partial charge on any atom is 0.187 e. The number of halogens is 1. The van der Waals surface area contributed by atoms with E-state index in [-0.39, 0.29) is 6.10 Å². The first kappa shape index (κ1) is 10.9. The van der Waals surface area contributed by atoms with E-state index in [1.807, 2.05) is 0 Å². The molecule has 2 rings (SSSR count). The molecule has 0 spiro atoms. The maximum absolute atomic E-state index is 10.6. The third-order valence-corrected chi connectivity index (χ3v) is 3.79. The van der Waals surface area contributed by atoms with E-state index < -0.39 is 0 Å². The number of aldehydes is 1. The lowest BCUT2D eigenvalue weighted by Gasteiger charge is -2.28. The van der Waals surface area contributed by atoms with E-state index in [9.17, 15) is 9.90 Å². The number of hydrogen-bond acceptors (Lipinski definition) is 5. The van der Waals surface area contributed by atoms with E-state index in [0.29, 0.717) is 16.3 Å². The first-order chi connectivity index (χ1) is 7.20. The molecule has 1 saturated heterocycles. The van der Waals surface area contributed by atoms with Crippen molar-refractivity contribution in [2.45, 2.75) is 18.9 Å². The van der Waals surface area contributed by atoms with Gasteiger partial charge in [-0.2, -0.15) is 0 Å². The number of nitrogens with zero attached hydrogens (tertiary/aromatic N) is 2. The van der Waals surface area contributed by atoms with Gasteiger partial charge in [-0.1, -0.05) is 22.9 Å². The van der Waals surface area contributed by atoms with Crippen LogP contribution in [0.5, 0.6) is 0 Å². The molecule has 2 heterocycles. The van der Waals surface area contributed by atoms with Gasteiger partial charge in [-0.05, 0) is 12.8 Å². The first-order valence-electron chi connectivity index (χ1n) is 4.75. The Hall–Kier alpha value is -0.650. The number of hydrogen-bond donors (Lipinski definition) is 1. The van der Waals surface area contributed by atoms with Crippen molar-refractivity contribution in [3.63, 3.8) is 0 Å². The molecule has 0 radical (unpaired) electrons. The summed E-state index contributed by atoms with van der Waals surface area (Å²) >= 11 is 7.16. The molecule has 0 amide bonds. The van der Waals surface area contributed by atoms with Crippen LogP contribution in [0.1, 0.15) is 23.3 Å². The van der Waals surface area contributed by atoms with E-state index in [2.05, 4.69) is 9.88 Å². The van der Waals surface area contributed by atoms with Gasteiger partial charge >= 0.3 is 0 Å². The molecule has 15 heavy (non-hydrogen) atoms. The summed E-state index contributed by atoms with van der Waals surface area (Å²) in [6.45, 7) is 1.53. The quantitative estimate of drug-likeness (QED) is 0.805. The van der Waals surface area contributed by atoms with E-state index in [1.165, 1.54) is 11.3 Å². The average molecular weight is 247 g/mol. The number of anilines is 1. The normalized spacial score (nSPS) is 18.1. The van der Waals surface area contributed by atoms with Crippen LogP contribution in [-0.2, 0) is 0 Å². The van der Waals surface area contributed by atoms with Gasteiger partial charge in [0.2, 0.25) is 0 Å². The summed E-state index contributed by atoms with van der Waals surface area (Å²) in [6.07, 6.45) is 1.95. The molecular weight excluding hydrogens is 236 g/mol. The van der Waals surface area contributed by atoms with Crippen LogP contribution in [0.2, 0.25) is 4.34 Å². The zero-order chi connectivity index (χ0) is 10.8. The molecule has 1 aromatic rings. The fourth-order valence-corrected chi connectivity index (χ4v) is 2.68. The zero-order valence-corrected chi connectivity index (χ0v) is 9.59. The van der Waals surface area contributed by atoms with Gasteiger partial charge in [-0.3, -0.25) is 4.79 Å². The molecule has 82 valence electrons. The van der Waals surface area contributed by atoms with Crippen molar-refractivity contribution in [2.75, 3.05) is 18.0 Å². The molecule has 6 heteroatoms. The summed E-state index contributed by atoms with van der Waals surface area (Å²) in [4.78, 5) is 16.8. The smallest absolute Gasteiger partial charge is 0.187 e. The Balaban J connectivity index is 2.12. The third kappa shape index (κ3) is 2.30. The fraction of sp³-hybridized carbons (Fsp3) is 0.556. The number of carbonyl (C=O) groups excluding carboxylic acids is 1. The van der Waals surface area contributed by atoms with Crippen molar-refractivity contribution in [2.24, 2.45) is 0 Å². The number of rotatable bonds is 2. The third-order valence-electron chi connectivity index (χ3n) is 2.45. The topological polar surface area (TPSA) is 53.4 Å². The fourth-order valence-electron chi connectivity index (χ4n) is 1.57. The molecule has 0 unspecified atom stereocenters. The summed E-state index contributed by atoms with van der Waals surface area (Å²) in [5, 5.41) is 10.1. The van der Waals surface area contributed by atoms with Gasteiger partial charge < -0.3 is 10.0 Å². The van der Waals surface area contributed by atoms with E-state index in [4.69, 9.17) is 11.6 Å². The minimum absolute atomic E-state index is 0.206. The molecule has 4 nitrogen and oxygen atoms in total. The van der Waals surface area contributed by atoms with Crippen LogP contribution in [0.25, 0.3) is 0 Å². The summed E-state index contributed by atoms with van der Waals surface area (Å²) in [5.74, 6) is 0. The lowest BCUT2D eigenvalue weighted by Crippen LogP contribution is -2.35. The molecule has 0 bridgehead atoms. The van der Waals surface area contributed by atoms with E-state index >= 15 is 0 Å². The van der Waals surface area contributed by atoms with Crippen molar-refractivity contribution >= 4 is 34.4 Å². The monoisotopic (exact) mass is 246 g/mol. The molecule has 0 aliphatic carbocycles. The lowest BCUT2D eigenvalue weighted by atomic mass is 10.1. The average Bonchev–Trinajstić information content (AvgIpc) is 2.61. The van der Waals surface area contributed by atoms with E-state index in [0.717, 1.165) is 31.1 Å². The summed E-state index contributed by atoms with van der Waals surface area (Å²) in [6, 6.07) is 0. The Bertz CT molecular complexity index is 361. The van der Waals surface area contributed by atoms with Gasteiger partial charge in [-0.15, -0.1) is 0 Å². The van der Waals surface area contributed by atoms with Crippen molar-refractivity contribution in [1.29, 1.82) is 0 Å². The number of carbonyl (C=O) groups is 1. The Labute approximate surface area is 96.5 Å². The Kier molecular flexibility index (Phi) is 3.23. The minimum Gasteiger partial charge on any atom is -0.393 e. The minimum atomic E-state index is -0.206. The van der Waals surface area contributed by atoms with Gasteiger partial charge in [0.15, 0.2) is 11.4 Å². The molecule has 1 fully saturated rings. The number of aliphatic hydroxyl groups is 1. The summed E-state index contributed by atoms with van der Waals surface area (Å²) in [7, 11) is 0. The van der Waals surface area contributed by atoms with Gasteiger partial charge in [0.05, 0.1) is 6.10 Å². The van der Waals surface area contributed by atoms with Crippen molar-refractivity contribution in [3.8, 4) is 0 Å². The highest BCUT2D eigenvalue weighted by molar-refractivity contribution is 7.19. The molecular formula is C9H11ClN2O2S. The predicted octanol–water partition coefficient (Wildman–Crippen LogP) is 1.57. The molecule has 1 aromatic heterocycles. The number of aromatic nitrogens is 1. The first-order valence-corrected chi connectivity index (χ1v) is 5.94. The SMILES string of the molecule is O=Cc1nc(N2CCC(O)CC2)sc1Cl. The largest absolute Gasteiger partial charge is 0.393 e. The highest BCUT2D eigenvalue weighted by Crippen LogP contribution is 2.31. The summed E-state index contributed by atoms with van der Waals surface area (Å²) in [5.41, 5.74) is 0.308. The highest BCUT2D eigenvalue weighted by Gasteiger charge is 2.20. The second-order valence-electron chi connectivity index (χ2n) is 3.49. The standard InChI is InChI=1S/C9H11ClN2O2S/c10-8-7(5-13)11-9(15-8)12-3-1-6(14)2-4-12/h5-6,14H,1-4H2. The van der Waals surface area contributed by atoms with Crippen molar-refractivity contribution in [3.05, 3.63) is 10.0 Å². The van der Waals surface area contributed by atoms with Crippen molar-refractivity contribution < 1.29 is 9.90 Å². The van der Waals surface area contributed by atoms with Crippen LogP contribution >= 0.6 is 22.9 Å². The van der Waals surface area contributed by atoms with E-state index in [1.54, 1.807) is 0 Å². The van der Waals surface area contributed by atoms with Crippen LogP contribution in [0, 0.1) is 0 Å². The Morgan fingerprint density at radius 2 is 2.20 bits per heavy atom. The van der Waals surface area contributed by atoms with Gasteiger partial charge in [-0.25, -0.2) is 4.98 Å². The Morgan fingerprint density at radius 3 is 2.73 bits per heavy atom. The number of thiazole rings is 1. The lowest BCUT2D eigenvalue weighted by molar-refractivity contribution is 0.111. The predicted molar refractivity (Wildman–Crippen MR) is 60.0 cm³/mol. The molecule has 1 aliphatic rings. The van der Waals surface area contributed by atoms with Crippen LogP contribution in [0.3, 0.4) is 0 Å². The summed E-state index contributed by atoms with van der Waals surface area (Å²) < 4.78 is 0.436. The van der Waals surface area contributed by atoms with Crippen LogP contribution in [0.4, 0.5) is 5.13 Å². The molecule has 0 saturated carbocycles. The molecule has 1 N–H and O–H groups in total. The second kappa shape index (κ2) is 4.47. The van der Waals surface area contributed by atoms with Gasteiger partial charge in [0.25, 0.3) is 0 Å².